The predicted octanol–water partition coefficient (Wildman–Crippen LogP) is -1.37. The summed E-state index contributed by atoms with van der Waals surface area (Å²) >= 11 is 0. The molecule has 0 aliphatic carbocycles. The van der Waals surface area contributed by atoms with Crippen LogP contribution in [-0.4, -0.2) is 150 Å². The maximum atomic E-state index is 14.4. The van der Waals surface area contributed by atoms with Crippen molar-refractivity contribution in [2.45, 2.75) is 122 Å². The molecule has 0 bridgehead atoms. The van der Waals surface area contributed by atoms with Crippen LogP contribution < -0.4 is 54.8 Å². The Morgan fingerprint density at radius 1 is 0.784 bits per heavy atom. The fourth-order valence-corrected chi connectivity index (χ4v) is 7.53. The van der Waals surface area contributed by atoms with Gasteiger partial charge in [0.25, 0.3) is 5.91 Å². The summed E-state index contributed by atoms with van der Waals surface area (Å²) in [6, 6.07) is 0.633. The number of methoxy groups -OCH3 is 1. The van der Waals surface area contributed by atoms with Crippen molar-refractivity contribution >= 4 is 65.2 Å². The van der Waals surface area contributed by atoms with Crippen LogP contribution in [0.2, 0.25) is 0 Å². The van der Waals surface area contributed by atoms with Crippen LogP contribution in [0.1, 0.15) is 78.7 Å². The number of carbonyl (C=O) groups is 9. The SMILES string of the molecule is C=C1C(=O)N[C@@H](C)C(=O)N[C@@H](CCCN=C(N)N)C(=O)N[C@H](C(=O)O)[C@@H](C)C(=O)N[C@H](CCCN=C(N)N)C(=O)N[C@H](C=CC(C)=C[C@H](C)[C@@H](Cc2ccccc2)OC)[C@@H](C)C(=O)N[C@H](C(=O)O)CCC(=O)N1C. The lowest BCUT2D eigenvalue weighted by Gasteiger charge is -2.28. The smallest absolute Gasteiger partial charge is 0.327 e. The number of hydrogen-bond donors (Lipinski definition) is 12. The Kier molecular flexibility index (Phi) is 26.0. The molecule has 25 heteroatoms. The molecule has 1 aliphatic heterocycles. The van der Waals surface area contributed by atoms with Crippen molar-refractivity contribution in [2.24, 2.45) is 50.7 Å². The van der Waals surface area contributed by atoms with Gasteiger partial charge in [-0.25, -0.2) is 9.59 Å². The number of guanidine groups is 2. The Morgan fingerprint density at radius 2 is 1.32 bits per heavy atom. The van der Waals surface area contributed by atoms with Gasteiger partial charge in [0.2, 0.25) is 35.4 Å². The highest BCUT2D eigenvalue weighted by Gasteiger charge is 2.37. The van der Waals surface area contributed by atoms with Gasteiger partial charge < -0.3 is 74.7 Å². The molecule has 2 rings (SSSR count). The number of likely N-dealkylation sites (N-methyl/N-ethyl adjacent to an activating group) is 1. The van der Waals surface area contributed by atoms with Crippen LogP contribution in [0, 0.1) is 17.8 Å². The molecule has 1 aromatic rings. The number of aliphatic carboxylic acids is 2. The molecule has 0 unspecified atom stereocenters. The molecule has 10 atom stereocenters. The predicted molar refractivity (Wildman–Crippen MR) is 275 cm³/mol. The lowest BCUT2D eigenvalue weighted by molar-refractivity contribution is -0.146. The van der Waals surface area contributed by atoms with E-state index in [0.29, 0.717) is 12.0 Å². The molecule has 0 saturated carbocycles. The first-order chi connectivity index (χ1) is 34.8. The maximum absolute atomic E-state index is 14.4. The van der Waals surface area contributed by atoms with Gasteiger partial charge in [0.1, 0.15) is 35.9 Å². The third-order valence-corrected chi connectivity index (χ3v) is 12.2. The lowest BCUT2D eigenvalue weighted by Crippen LogP contribution is -2.59. The Balaban J connectivity index is 2.74. The van der Waals surface area contributed by atoms with Crippen molar-refractivity contribution in [3.05, 3.63) is 72.0 Å². The van der Waals surface area contributed by atoms with Crippen LogP contribution in [0.3, 0.4) is 0 Å². The topological polar surface area (TPSA) is 408 Å². The summed E-state index contributed by atoms with van der Waals surface area (Å²) in [5.74, 6) is -13.1. The molecule has 1 heterocycles. The summed E-state index contributed by atoms with van der Waals surface area (Å²) in [5, 5.41) is 35.4. The third-order valence-electron chi connectivity index (χ3n) is 12.2. The summed E-state index contributed by atoms with van der Waals surface area (Å²) < 4.78 is 5.81. The fraction of sp³-hybridized carbons (Fsp3) is 0.531. The zero-order valence-corrected chi connectivity index (χ0v) is 43.1. The zero-order valence-electron chi connectivity index (χ0n) is 43.1. The van der Waals surface area contributed by atoms with E-state index < -0.39 is 120 Å². The molecule has 1 aromatic carbocycles. The standard InChI is InChI=1S/C49H75N13O12/c1-26(24-27(2)37(74-8)25-32-14-10-9-11-15-32)18-19-33-28(3)40(64)60-36(46(70)71)20-21-38(63)62(7)31(6)43(67)56-30(5)42(66)59-35(17-13-23-55-49(52)53)45(69)61-39(47(72)73)29(4)41(65)58-34(44(68)57-33)16-12-22-54-48(50)51/h9-11,14-15,18-19,24,27-30,33-37,39H,6,12-13,16-17,20-23,25H2,1-5,7-8H3,(H,56,67)(H,57,68)(H,58,65)(H,59,66)(H,60,64)(H,61,69)(H,70,71)(H,72,73)(H4,50,51,54)(H4,52,53,55)/t27-,28+,29+,30-,33+,34+,35-,36-,37+,39-/m0/s1. The van der Waals surface area contributed by atoms with Crippen LogP contribution in [0.5, 0.6) is 0 Å². The second-order valence-corrected chi connectivity index (χ2v) is 18.1. The molecule has 0 radical (unpaired) electrons. The molecule has 0 aromatic heterocycles. The van der Waals surface area contributed by atoms with Crippen LogP contribution in [0.15, 0.2) is 76.4 Å². The van der Waals surface area contributed by atoms with E-state index in [4.69, 9.17) is 27.7 Å². The van der Waals surface area contributed by atoms with Gasteiger partial charge in [-0.2, -0.15) is 0 Å². The number of nitrogens with two attached hydrogens (primary N) is 4. The average Bonchev–Trinajstić information content (AvgIpc) is 3.34. The number of ether oxygens (including phenoxy) is 1. The molecule has 74 heavy (non-hydrogen) atoms. The number of rotatable bonds is 17. The molecular formula is C49H75N13O12. The normalized spacial score (nSPS) is 24.6. The van der Waals surface area contributed by atoms with Crippen molar-refractivity contribution in [3.8, 4) is 0 Å². The van der Waals surface area contributed by atoms with E-state index in [2.05, 4.69) is 48.5 Å². The first kappa shape index (κ1) is 62.3. The number of carbonyl (C=O) groups excluding carboxylic acids is 7. The number of amides is 7. The largest absolute Gasteiger partial charge is 0.480 e. The highest BCUT2D eigenvalue weighted by molar-refractivity contribution is 6.00. The maximum Gasteiger partial charge on any atom is 0.327 e. The number of aliphatic imine (C=N–C) groups is 2. The van der Waals surface area contributed by atoms with Crippen molar-refractivity contribution in [2.75, 3.05) is 27.2 Å². The number of benzene rings is 1. The van der Waals surface area contributed by atoms with Gasteiger partial charge in [-0.05, 0) is 57.9 Å². The highest BCUT2D eigenvalue weighted by Crippen LogP contribution is 2.19. The van der Waals surface area contributed by atoms with Gasteiger partial charge >= 0.3 is 11.9 Å². The van der Waals surface area contributed by atoms with Crippen LogP contribution >= 0.6 is 0 Å². The Labute approximate surface area is 430 Å². The van der Waals surface area contributed by atoms with Crippen molar-refractivity contribution < 1.29 is 58.1 Å². The molecule has 1 fully saturated rings. The van der Waals surface area contributed by atoms with Gasteiger partial charge in [0, 0.05) is 39.6 Å². The first-order valence-electron chi connectivity index (χ1n) is 24.1. The first-order valence-corrected chi connectivity index (χ1v) is 24.1. The number of carboxylic acids is 2. The molecular weight excluding hydrogens is 963 g/mol. The molecule has 25 nitrogen and oxygen atoms in total. The average molecular weight is 1040 g/mol. The number of hydrogen-bond acceptors (Lipinski definition) is 12. The Bertz CT molecular complexity index is 2280. The zero-order chi connectivity index (χ0) is 55.8. The molecule has 16 N–H and O–H groups in total. The van der Waals surface area contributed by atoms with Gasteiger partial charge in [0.05, 0.1) is 24.0 Å². The summed E-state index contributed by atoms with van der Waals surface area (Å²) in [4.78, 5) is 130. The minimum absolute atomic E-state index is 0.00394. The van der Waals surface area contributed by atoms with Gasteiger partial charge in [-0.15, -0.1) is 0 Å². The highest BCUT2D eigenvalue weighted by atomic mass is 16.5. The molecule has 0 spiro atoms. The minimum atomic E-state index is -1.95. The second-order valence-electron chi connectivity index (χ2n) is 18.1. The number of allylic oxidation sites excluding steroid dienone is 2. The lowest BCUT2D eigenvalue weighted by atomic mass is 9.94. The van der Waals surface area contributed by atoms with Crippen LogP contribution in [0.25, 0.3) is 0 Å². The monoisotopic (exact) mass is 1040 g/mol. The van der Waals surface area contributed by atoms with E-state index in [1.165, 1.54) is 33.9 Å². The summed E-state index contributed by atoms with van der Waals surface area (Å²) in [7, 11) is 2.80. The van der Waals surface area contributed by atoms with E-state index in [-0.39, 0.29) is 62.7 Å². The van der Waals surface area contributed by atoms with Crippen molar-refractivity contribution in [3.63, 3.8) is 0 Å². The number of carboxylic acid groups (broad SMARTS) is 2. The summed E-state index contributed by atoms with van der Waals surface area (Å²) in [6.45, 7) is 11.2. The molecule has 408 valence electrons. The molecule has 7 amide bonds. The van der Waals surface area contributed by atoms with Crippen LogP contribution in [0.4, 0.5) is 0 Å². The van der Waals surface area contributed by atoms with E-state index in [1.807, 2.05) is 43.3 Å². The van der Waals surface area contributed by atoms with Gasteiger partial charge in [-0.1, -0.05) is 81.5 Å². The van der Waals surface area contributed by atoms with Crippen molar-refractivity contribution in [1.29, 1.82) is 0 Å². The number of nitrogens with one attached hydrogen (secondary N) is 6. The Morgan fingerprint density at radius 3 is 1.85 bits per heavy atom. The van der Waals surface area contributed by atoms with E-state index in [1.54, 1.807) is 20.1 Å². The quantitative estimate of drug-likeness (QED) is 0.0281. The van der Waals surface area contributed by atoms with Gasteiger partial charge in [0.15, 0.2) is 11.9 Å². The number of nitrogens with zero attached hydrogens (tertiary/aromatic N) is 3. The van der Waals surface area contributed by atoms with Crippen LogP contribution in [-0.2, 0) is 54.3 Å². The molecule has 1 aliphatic rings. The van der Waals surface area contributed by atoms with E-state index in [0.717, 1.165) is 10.5 Å². The fourth-order valence-electron chi connectivity index (χ4n) is 7.53. The summed E-state index contributed by atoms with van der Waals surface area (Å²) in [5.41, 5.74) is 23.2. The Hall–Kier alpha value is -7.83. The van der Waals surface area contributed by atoms with Gasteiger partial charge in [-0.3, -0.25) is 43.5 Å². The third kappa shape index (κ3) is 21.1. The van der Waals surface area contributed by atoms with Crippen molar-refractivity contribution in [1.82, 2.24) is 36.8 Å². The summed E-state index contributed by atoms with van der Waals surface area (Å²) in [6.07, 6.45) is 4.40. The van der Waals surface area contributed by atoms with E-state index in [9.17, 15) is 53.4 Å². The van der Waals surface area contributed by atoms with E-state index >= 15 is 0 Å². The minimum Gasteiger partial charge on any atom is -0.480 e. The molecule has 1 saturated heterocycles. The second kappa shape index (κ2) is 30.9.